The maximum Gasteiger partial charge on any atom is 0.231 e. The highest BCUT2D eigenvalue weighted by atomic mass is 19.1. The van der Waals surface area contributed by atoms with Gasteiger partial charge in [-0.3, -0.25) is 4.79 Å². The van der Waals surface area contributed by atoms with Crippen LogP contribution in [0.5, 0.6) is 11.5 Å². The molecule has 0 aliphatic carbocycles. The minimum Gasteiger partial charge on any atom is -0.454 e. The molecule has 0 atom stereocenters. The second kappa shape index (κ2) is 4.85. The Balaban J connectivity index is 1.91. The Hall–Kier alpha value is -2.56. The lowest BCUT2D eigenvalue weighted by Crippen LogP contribution is -1.98. The largest absolute Gasteiger partial charge is 0.454 e. The van der Waals surface area contributed by atoms with Gasteiger partial charge in [0, 0.05) is 17.3 Å². The summed E-state index contributed by atoms with van der Waals surface area (Å²) < 4.78 is 24.2. The quantitative estimate of drug-likeness (QED) is 0.869. The van der Waals surface area contributed by atoms with Crippen molar-refractivity contribution in [3.63, 3.8) is 0 Å². The number of benzene rings is 2. The Morgan fingerprint density at radius 1 is 1.15 bits per heavy atom. The topological polar surface area (TPSA) is 47.6 Å². The molecule has 5 heteroatoms. The zero-order valence-corrected chi connectivity index (χ0v) is 10.8. The van der Waals surface area contributed by atoms with Crippen LogP contribution in [0, 0.1) is 5.82 Å². The van der Waals surface area contributed by atoms with E-state index in [1.165, 1.54) is 25.1 Å². The van der Waals surface area contributed by atoms with Crippen molar-refractivity contribution in [1.82, 2.24) is 0 Å². The van der Waals surface area contributed by atoms with Gasteiger partial charge in [0.2, 0.25) is 6.79 Å². The standard InChI is InChI=1S/C15H12FNO3/c1-9(18)10-2-4-12(16)13(6-10)17-11-3-5-14-15(7-11)20-8-19-14/h2-7,17H,8H2,1H3. The number of halogens is 1. The molecule has 0 fully saturated rings. The van der Waals surface area contributed by atoms with Gasteiger partial charge in [0.25, 0.3) is 0 Å². The van der Waals surface area contributed by atoms with E-state index in [1.807, 2.05) is 0 Å². The first kappa shape index (κ1) is 12.5. The van der Waals surface area contributed by atoms with Crippen LogP contribution in [-0.2, 0) is 0 Å². The minimum atomic E-state index is -0.423. The first-order valence-electron chi connectivity index (χ1n) is 6.10. The maximum atomic E-state index is 13.8. The number of Topliss-reactive ketones (excluding diaryl/α,β-unsaturated/α-hetero) is 1. The summed E-state index contributed by atoms with van der Waals surface area (Å²) in [6.45, 7) is 1.63. The van der Waals surface area contributed by atoms with E-state index in [0.717, 1.165) is 0 Å². The van der Waals surface area contributed by atoms with Crippen LogP contribution in [-0.4, -0.2) is 12.6 Å². The number of nitrogens with one attached hydrogen (secondary N) is 1. The molecule has 0 amide bonds. The summed E-state index contributed by atoms with van der Waals surface area (Å²) in [5, 5.41) is 2.93. The molecule has 0 unspecified atom stereocenters. The van der Waals surface area contributed by atoms with E-state index >= 15 is 0 Å². The molecule has 1 N–H and O–H groups in total. The van der Waals surface area contributed by atoms with E-state index in [2.05, 4.69) is 5.32 Å². The molecule has 2 aromatic carbocycles. The van der Waals surface area contributed by atoms with Crippen LogP contribution in [0.1, 0.15) is 17.3 Å². The predicted octanol–water partition coefficient (Wildman–Crippen LogP) is 3.50. The normalized spacial score (nSPS) is 12.3. The molecule has 4 nitrogen and oxygen atoms in total. The molecule has 0 saturated heterocycles. The van der Waals surface area contributed by atoms with E-state index < -0.39 is 5.82 Å². The number of hydrogen-bond acceptors (Lipinski definition) is 4. The van der Waals surface area contributed by atoms with Crippen molar-refractivity contribution in [3.8, 4) is 11.5 Å². The van der Waals surface area contributed by atoms with E-state index in [-0.39, 0.29) is 18.3 Å². The lowest BCUT2D eigenvalue weighted by molar-refractivity contribution is 0.101. The molecule has 0 aromatic heterocycles. The van der Waals surface area contributed by atoms with Gasteiger partial charge in [-0.1, -0.05) is 0 Å². The summed E-state index contributed by atoms with van der Waals surface area (Å²) in [4.78, 5) is 11.3. The number of fused-ring (bicyclic) bond motifs is 1. The monoisotopic (exact) mass is 273 g/mol. The molecule has 0 spiro atoms. The molecule has 0 bridgehead atoms. The summed E-state index contributed by atoms with van der Waals surface area (Å²) in [6.07, 6.45) is 0. The van der Waals surface area contributed by atoms with Gasteiger partial charge in [0.1, 0.15) is 5.82 Å². The van der Waals surface area contributed by atoms with Crippen LogP contribution >= 0.6 is 0 Å². The molecule has 3 rings (SSSR count). The Morgan fingerprint density at radius 2 is 1.95 bits per heavy atom. The van der Waals surface area contributed by atoms with Crippen molar-refractivity contribution in [2.45, 2.75) is 6.92 Å². The zero-order chi connectivity index (χ0) is 14.1. The van der Waals surface area contributed by atoms with Crippen molar-refractivity contribution in [1.29, 1.82) is 0 Å². The van der Waals surface area contributed by atoms with Gasteiger partial charge in [-0.25, -0.2) is 4.39 Å². The lowest BCUT2D eigenvalue weighted by Gasteiger charge is -2.09. The first-order chi connectivity index (χ1) is 9.63. The summed E-state index contributed by atoms with van der Waals surface area (Å²) >= 11 is 0. The van der Waals surface area contributed by atoms with Gasteiger partial charge < -0.3 is 14.8 Å². The maximum absolute atomic E-state index is 13.8. The van der Waals surface area contributed by atoms with E-state index in [0.29, 0.717) is 22.7 Å². The molecule has 2 aromatic rings. The number of anilines is 2. The smallest absolute Gasteiger partial charge is 0.231 e. The second-order valence-electron chi connectivity index (χ2n) is 4.44. The summed E-state index contributed by atoms with van der Waals surface area (Å²) in [7, 11) is 0. The van der Waals surface area contributed by atoms with Crippen LogP contribution in [0.15, 0.2) is 36.4 Å². The molecule has 102 valence electrons. The average Bonchev–Trinajstić information content (AvgIpc) is 2.88. The van der Waals surface area contributed by atoms with Crippen molar-refractivity contribution in [2.75, 3.05) is 12.1 Å². The van der Waals surface area contributed by atoms with Gasteiger partial charge >= 0.3 is 0 Å². The molecule has 1 aliphatic rings. The van der Waals surface area contributed by atoms with Crippen molar-refractivity contribution in [2.24, 2.45) is 0 Å². The molecule has 1 heterocycles. The second-order valence-corrected chi connectivity index (χ2v) is 4.44. The van der Waals surface area contributed by atoms with Crippen LogP contribution in [0.3, 0.4) is 0 Å². The highest BCUT2D eigenvalue weighted by Crippen LogP contribution is 2.35. The van der Waals surface area contributed by atoms with Crippen LogP contribution in [0.2, 0.25) is 0 Å². The van der Waals surface area contributed by atoms with Gasteiger partial charge in [0.05, 0.1) is 5.69 Å². The number of carbonyl (C=O) groups excluding carboxylic acids is 1. The number of carbonyl (C=O) groups is 1. The van der Waals surface area contributed by atoms with E-state index in [1.54, 1.807) is 18.2 Å². The third-order valence-electron chi connectivity index (χ3n) is 3.02. The predicted molar refractivity (Wildman–Crippen MR) is 72.3 cm³/mol. The highest BCUT2D eigenvalue weighted by molar-refractivity contribution is 5.95. The molecule has 1 aliphatic heterocycles. The summed E-state index contributed by atoms with van der Waals surface area (Å²) in [5.41, 5.74) is 1.36. The van der Waals surface area contributed by atoms with Gasteiger partial charge in [-0.2, -0.15) is 0 Å². The van der Waals surface area contributed by atoms with Crippen molar-refractivity contribution >= 4 is 17.2 Å². The fourth-order valence-electron chi connectivity index (χ4n) is 1.97. The third-order valence-corrected chi connectivity index (χ3v) is 3.02. The van der Waals surface area contributed by atoms with Crippen LogP contribution < -0.4 is 14.8 Å². The lowest BCUT2D eigenvalue weighted by atomic mass is 10.1. The minimum absolute atomic E-state index is 0.112. The van der Waals surface area contributed by atoms with Crippen LogP contribution in [0.25, 0.3) is 0 Å². The molecule has 0 radical (unpaired) electrons. The molecular formula is C15H12FNO3. The Morgan fingerprint density at radius 3 is 2.75 bits per heavy atom. The van der Waals surface area contributed by atoms with Crippen molar-refractivity contribution < 1.29 is 18.7 Å². The number of rotatable bonds is 3. The van der Waals surface area contributed by atoms with Gasteiger partial charge in [-0.05, 0) is 37.3 Å². The van der Waals surface area contributed by atoms with E-state index in [9.17, 15) is 9.18 Å². The number of ether oxygens (including phenoxy) is 2. The third kappa shape index (κ3) is 2.30. The zero-order valence-electron chi connectivity index (χ0n) is 10.8. The fourth-order valence-corrected chi connectivity index (χ4v) is 1.97. The number of hydrogen-bond donors (Lipinski definition) is 1. The number of ketones is 1. The molecule has 20 heavy (non-hydrogen) atoms. The molecule has 0 saturated carbocycles. The first-order valence-corrected chi connectivity index (χ1v) is 6.10. The highest BCUT2D eigenvalue weighted by Gasteiger charge is 2.14. The SMILES string of the molecule is CC(=O)c1ccc(F)c(Nc2ccc3c(c2)OCO3)c1. The average molecular weight is 273 g/mol. The summed E-state index contributed by atoms with van der Waals surface area (Å²) in [6, 6.07) is 9.45. The van der Waals surface area contributed by atoms with Crippen molar-refractivity contribution in [3.05, 3.63) is 47.8 Å². The Kier molecular flexibility index (Phi) is 3.02. The fraction of sp³-hybridized carbons (Fsp3) is 0.133. The van der Waals surface area contributed by atoms with Gasteiger partial charge in [0.15, 0.2) is 17.3 Å². The van der Waals surface area contributed by atoms with Crippen LogP contribution in [0.4, 0.5) is 15.8 Å². The van der Waals surface area contributed by atoms with Gasteiger partial charge in [-0.15, -0.1) is 0 Å². The Bertz CT molecular complexity index is 685. The van der Waals surface area contributed by atoms with E-state index in [4.69, 9.17) is 9.47 Å². The molecular weight excluding hydrogens is 261 g/mol. The Labute approximate surface area is 115 Å². The summed E-state index contributed by atoms with van der Waals surface area (Å²) in [5.74, 6) is 0.734.